The topological polar surface area (TPSA) is 123 Å². The second kappa shape index (κ2) is 14.0. The molecule has 0 unspecified atom stereocenters. The van der Waals surface area contributed by atoms with Crippen LogP contribution >= 0.6 is 11.8 Å². The third kappa shape index (κ3) is 8.59. The number of nitrogens with two attached hydrogens (primary N) is 1. The lowest BCUT2D eigenvalue weighted by molar-refractivity contribution is -0.111. The Labute approximate surface area is 220 Å². The minimum atomic E-state index is -0.691. The molecule has 0 saturated heterocycles. The molecule has 3 aromatic carbocycles. The molecule has 0 radical (unpaired) electrons. The molecular formula is C28H31N3O5S. The predicted octanol–water partition coefficient (Wildman–Crippen LogP) is 5.48. The van der Waals surface area contributed by atoms with Gasteiger partial charge in [-0.25, -0.2) is 4.79 Å². The molecule has 0 bridgehead atoms. The van der Waals surface area contributed by atoms with Crippen LogP contribution in [0.25, 0.3) is 0 Å². The summed E-state index contributed by atoms with van der Waals surface area (Å²) >= 11 is 1.61. The van der Waals surface area contributed by atoms with Crippen molar-refractivity contribution < 1.29 is 24.2 Å². The fourth-order valence-electron chi connectivity index (χ4n) is 3.46. The minimum absolute atomic E-state index is 0.0931. The fourth-order valence-corrected chi connectivity index (χ4v) is 3.87. The number of ether oxygens (including phenoxy) is 2. The Morgan fingerprint density at radius 1 is 1.03 bits per heavy atom. The highest BCUT2D eigenvalue weighted by Crippen LogP contribution is 2.30. The number of amides is 2. The predicted molar refractivity (Wildman–Crippen MR) is 148 cm³/mol. The Kier molecular flexibility index (Phi) is 10.4. The lowest BCUT2D eigenvalue weighted by Crippen LogP contribution is -2.21. The molecule has 0 spiro atoms. The van der Waals surface area contributed by atoms with Gasteiger partial charge in [0.1, 0.15) is 18.5 Å². The van der Waals surface area contributed by atoms with E-state index in [0.717, 1.165) is 4.90 Å². The number of aliphatic hydroxyl groups is 1. The molecule has 2 atom stereocenters. The van der Waals surface area contributed by atoms with Gasteiger partial charge in [0.05, 0.1) is 18.0 Å². The standard InChI is InChI=1S/C28H31N3O5S/c1-19(7-16-26(33)31-25-6-4-3-5-24(25)29)27(20-8-12-22(13-9-20)35-18-17-32)36-28(34)30-21-10-14-23(37-2)15-11-21/h3-16,19,27,32H,17-18,29H2,1-2H3,(H,30,34)(H,31,33)/b16-7+/t19-,27-/m0/s1. The smallest absolute Gasteiger partial charge is 0.412 e. The monoisotopic (exact) mass is 521 g/mol. The molecule has 0 aliphatic rings. The molecule has 8 nitrogen and oxygen atoms in total. The first-order chi connectivity index (χ1) is 17.9. The third-order valence-electron chi connectivity index (χ3n) is 5.39. The van der Waals surface area contributed by atoms with Gasteiger partial charge in [0.2, 0.25) is 5.91 Å². The molecule has 37 heavy (non-hydrogen) atoms. The molecule has 0 heterocycles. The minimum Gasteiger partial charge on any atom is -0.491 e. The highest BCUT2D eigenvalue weighted by molar-refractivity contribution is 7.98. The molecule has 0 fully saturated rings. The van der Waals surface area contributed by atoms with Crippen molar-refractivity contribution in [1.82, 2.24) is 0 Å². The van der Waals surface area contributed by atoms with Gasteiger partial charge < -0.3 is 25.6 Å². The average molecular weight is 522 g/mol. The molecule has 2 amide bonds. The van der Waals surface area contributed by atoms with Crippen LogP contribution in [0.3, 0.4) is 0 Å². The molecule has 5 N–H and O–H groups in total. The number of thioether (sulfide) groups is 1. The van der Waals surface area contributed by atoms with E-state index in [1.807, 2.05) is 25.3 Å². The Morgan fingerprint density at radius 2 is 1.73 bits per heavy atom. The number of para-hydroxylation sites is 2. The quantitative estimate of drug-likeness (QED) is 0.150. The number of aliphatic hydroxyl groups excluding tert-OH is 1. The molecule has 194 valence electrons. The van der Waals surface area contributed by atoms with Gasteiger partial charge in [-0.2, -0.15) is 0 Å². The number of nitrogen functional groups attached to an aromatic ring is 1. The van der Waals surface area contributed by atoms with Crippen molar-refractivity contribution >= 4 is 40.8 Å². The number of anilines is 3. The summed E-state index contributed by atoms with van der Waals surface area (Å²) in [4.78, 5) is 26.3. The maximum Gasteiger partial charge on any atom is 0.412 e. The fraction of sp³-hybridized carbons (Fsp3) is 0.214. The van der Waals surface area contributed by atoms with Gasteiger partial charge in [-0.3, -0.25) is 10.1 Å². The zero-order chi connectivity index (χ0) is 26.6. The SMILES string of the molecule is CSc1ccc(NC(=O)O[C@H](c2ccc(OCCO)cc2)[C@@H](C)/C=C/C(=O)Nc2ccccc2N)cc1. The van der Waals surface area contributed by atoms with E-state index in [4.69, 9.17) is 20.3 Å². The first-order valence-corrected chi connectivity index (χ1v) is 12.9. The van der Waals surface area contributed by atoms with Crippen LogP contribution in [0.5, 0.6) is 5.75 Å². The zero-order valence-corrected chi connectivity index (χ0v) is 21.5. The van der Waals surface area contributed by atoms with Gasteiger partial charge in [-0.15, -0.1) is 11.8 Å². The van der Waals surface area contributed by atoms with Crippen LogP contribution in [0.1, 0.15) is 18.6 Å². The Morgan fingerprint density at radius 3 is 2.38 bits per heavy atom. The van der Waals surface area contributed by atoms with E-state index in [0.29, 0.717) is 28.4 Å². The molecule has 0 aromatic heterocycles. The van der Waals surface area contributed by atoms with Crippen molar-refractivity contribution in [2.45, 2.75) is 17.9 Å². The van der Waals surface area contributed by atoms with E-state index >= 15 is 0 Å². The van der Waals surface area contributed by atoms with Crippen LogP contribution in [0.4, 0.5) is 21.9 Å². The van der Waals surface area contributed by atoms with E-state index in [1.54, 1.807) is 78.5 Å². The van der Waals surface area contributed by atoms with Crippen LogP contribution in [0, 0.1) is 5.92 Å². The van der Waals surface area contributed by atoms with Crippen LogP contribution in [0.15, 0.2) is 89.8 Å². The summed E-state index contributed by atoms with van der Waals surface area (Å²) in [6, 6.07) is 21.5. The molecule has 0 aliphatic carbocycles. The summed E-state index contributed by atoms with van der Waals surface area (Å²) in [5.41, 5.74) is 8.20. The van der Waals surface area contributed by atoms with Crippen LogP contribution < -0.4 is 21.1 Å². The number of carbonyl (C=O) groups excluding carboxylic acids is 2. The average Bonchev–Trinajstić information content (AvgIpc) is 2.91. The number of hydrogen-bond acceptors (Lipinski definition) is 7. The van der Waals surface area contributed by atoms with Gasteiger partial charge in [-0.1, -0.05) is 37.3 Å². The summed E-state index contributed by atoms with van der Waals surface area (Å²) in [7, 11) is 0. The summed E-state index contributed by atoms with van der Waals surface area (Å²) < 4.78 is 11.2. The van der Waals surface area contributed by atoms with Gasteiger partial charge in [0, 0.05) is 16.5 Å². The van der Waals surface area contributed by atoms with Gasteiger partial charge in [0.25, 0.3) is 0 Å². The number of benzene rings is 3. The van der Waals surface area contributed by atoms with E-state index < -0.39 is 12.2 Å². The van der Waals surface area contributed by atoms with Crippen molar-refractivity contribution in [3.63, 3.8) is 0 Å². The number of carbonyl (C=O) groups is 2. The lowest BCUT2D eigenvalue weighted by atomic mass is 9.96. The van der Waals surface area contributed by atoms with E-state index in [1.165, 1.54) is 6.08 Å². The maximum atomic E-state index is 12.8. The lowest BCUT2D eigenvalue weighted by Gasteiger charge is -2.23. The molecular weight excluding hydrogens is 490 g/mol. The summed E-state index contributed by atoms with van der Waals surface area (Å²) in [5.74, 6) is -0.125. The van der Waals surface area contributed by atoms with Crippen LogP contribution in [-0.2, 0) is 9.53 Å². The first kappa shape index (κ1) is 27.6. The Bertz CT molecular complexity index is 1200. The number of hydrogen-bond donors (Lipinski definition) is 4. The number of rotatable bonds is 11. The van der Waals surface area contributed by atoms with Crippen molar-refractivity contribution in [3.05, 3.63) is 90.5 Å². The zero-order valence-electron chi connectivity index (χ0n) is 20.7. The molecule has 3 aromatic rings. The van der Waals surface area contributed by atoms with Crippen molar-refractivity contribution in [2.75, 3.05) is 35.8 Å². The second-order valence-corrected chi connectivity index (χ2v) is 8.99. The largest absolute Gasteiger partial charge is 0.491 e. The van der Waals surface area contributed by atoms with E-state index in [2.05, 4.69) is 10.6 Å². The summed E-state index contributed by atoms with van der Waals surface area (Å²) in [6.45, 7) is 1.93. The Hall–Kier alpha value is -3.95. The highest BCUT2D eigenvalue weighted by Gasteiger charge is 2.23. The highest BCUT2D eigenvalue weighted by atomic mass is 32.2. The van der Waals surface area contributed by atoms with E-state index in [9.17, 15) is 9.59 Å². The van der Waals surface area contributed by atoms with Gasteiger partial charge >= 0.3 is 6.09 Å². The number of nitrogens with one attached hydrogen (secondary N) is 2. The maximum absolute atomic E-state index is 12.8. The molecule has 9 heteroatoms. The van der Waals surface area contributed by atoms with Crippen molar-refractivity contribution in [2.24, 2.45) is 5.92 Å². The van der Waals surface area contributed by atoms with Crippen molar-refractivity contribution in [3.8, 4) is 5.75 Å². The first-order valence-electron chi connectivity index (χ1n) is 11.7. The summed E-state index contributed by atoms with van der Waals surface area (Å²) in [6.07, 6.45) is 3.74. The van der Waals surface area contributed by atoms with Crippen LogP contribution in [-0.4, -0.2) is 36.6 Å². The van der Waals surface area contributed by atoms with E-state index in [-0.39, 0.29) is 25.0 Å². The van der Waals surface area contributed by atoms with Crippen LogP contribution in [0.2, 0.25) is 0 Å². The third-order valence-corrected chi connectivity index (χ3v) is 6.13. The normalized spacial score (nSPS) is 12.5. The van der Waals surface area contributed by atoms with Gasteiger partial charge in [0.15, 0.2) is 0 Å². The Balaban J connectivity index is 1.74. The summed E-state index contributed by atoms with van der Waals surface area (Å²) in [5, 5.41) is 14.5. The van der Waals surface area contributed by atoms with Gasteiger partial charge in [-0.05, 0) is 66.4 Å². The molecule has 0 saturated carbocycles. The molecule has 3 rings (SSSR count). The second-order valence-electron chi connectivity index (χ2n) is 8.12. The van der Waals surface area contributed by atoms with Crippen molar-refractivity contribution in [1.29, 1.82) is 0 Å². The molecule has 0 aliphatic heterocycles.